The van der Waals surface area contributed by atoms with Crippen molar-refractivity contribution in [1.29, 1.82) is 0 Å². The minimum atomic E-state index is -0.279. The molecular weight excluding hydrogens is 340 g/mol. The van der Waals surface area contributed by atoms with Crippen LogP contribution in [0.25, 0.3) is 5.57 Å². The lowest BCUT2D eigenvalue weighted by atomic mass is 9.60. The Hall–Kier alpha value is -2.10. The van der Waals surface area contributed by atoms with Crippen molar-refractivity contribution in [3.05, 3.63) is 34.9 Å². The van der Waals surface area contributed by atoms with Gasteiger partial charge in [-0.05, 0) is 79.7 Å². The summed E-state index contributed by atoms with van der Waals surface area (Å²) in [6.45, 7) is 5.22. The molecule has 0 aliphatic heterocycles. The molecule has 144 valence electrons. The fourth-order valence-corrected chi connectivity index (χ4v) is 5.93. The van der Waals surface area contributed by atoms with E-state index in [4.69, 9.17) is 9.47 Å². The molecule has 27 heavy (non-hydrogen) atoms. The third-order valence-corrected chi connectivity index (χ3v) is 7.00. The molecule has 0 aromatic heterocycles. The molecule has 0 heterocycles. The van der Waals surface area contributed by atoms with Gasteiger partial charge in [0.2, 0.25) is 0 Å². The van der Waals surface area contributed by atoms with E-state index in [1.807, 2.05) is 12.1 Å². The number of benzene rings is 1. The number of ether oxygens (including phenoxy) is 2. The van der Waals surface area contributed by atoms with Gasteiger partial charge in [0, 0.05) is 19.3 Å². The third-order valence-electron chi connectivity index (χ3n) is 7.00. The topological polar surface area (TPSA) is 52.6 Å². The molecule has 1 fully saturated rings. The first-order valence-electron chi connectivity index (χ1n) is 10.2. The summed E-state index contributed by atoms with van der Waals surface area (Å²) in [6, 6.07) is 6.06. The summed E-state index contributed by atoms with van der Waals surface area (Å²) in [4.78, 5) is 22.9. The fraction of sp³-hybridized carbons (Fsp3) is 0.565. The second-order valence-electron chi connectivity index (χ2n) is 8.23. The lowest BCUT2D eigenvalue weighted by molar-refractivity contribution is -0.153. The standard InChI is InChI=1S/C23H28O4/c1-4-23-12-11-19-18-8-6-17(26-14(2)24)13-16(18)5-7-20(19)21(23)9-10-22(23)27-15(3)25/h6,8,13,21-22H,4-5,7,9-12H2,1-3H3/t21-,22-,23-/m0/s1. The minimum absolute atomic E-state index is 0.0618. The number of aryl methyl sites for hydroxylation is 1. The Balaban J connectivity index is 1.69. The van der Waals surface area contributed by atoms with Crippen molar-refractivity contribution in [3.63, 3.8) is 0 Å². The Labute approximate surface area is 160 Å². The number of carbonyl (C=O) groups excluding carboxylic acids is 2. The Morgan fingerprint density at radius 1 is 1.11 bits per heavy atom. The van der Waals surface area contributed by atoms with Crippen LogP contribution < -0.4 is 4.74 Å². The Kier molecular flexibility index (Phi) is 4.61. The van der Waals surface area contributed by atoms with Gasteiger partial charge in [-0.25, -0.2) is 0 Å². The molecule has 1 aromatic rings. The number of allylic oxidation sites excluding steroid dienone is 2. The molecule has 0 amide bonds. The molecule has 0 unspecified atom stereocenters. The first kappa shape index (κ1) is 18.3. The lowest BCUT2D eigenvalue weighted by Crippen LogP contribution is -2.41. The van der Waals surface area contributed by atoms with E-state index in [2.05, 4.69) is 13.0 Å². The van der Waals surface area contributed by atoms with Crippen molar-refractivity contribution < 1.29 is 19.1 Å². The van der Waals surface area contributed by atoms with Gasteiger partial charge in [-0.3, -0.25) is 9.59 Å². The van der Waals surface area contributed by atoms with Gasteiger partial charge in [-0.1, -0.05) is 18.6 Å². The maximum atomic E-state index is 11.6. The normalized spacial score (nSPS) is 28.9. The van der Waals surface area contributed by atoms with E-state index >= 15 is 0 Å². The van der Waals surface area contributed by atoms with Crippen LogP contribution in [0.1, 0.15) is 70.4 Å². The Morgan fingerprint density at radius 2 is 1.93 bits per heavy atom. The monoisotopic (exact) mass is 368 g/mol. The predicted molar refractivity (Wildman–Crippen MR) is 103 cm³/mol. The molecule has 3 aliphatic rings. The van der Waals surface area contributed by atoms with Crippen LogP contribution in [0, 0.1) is 11.3 Å². The van der Waals surface area contributed by atoms with Crippen molar-refractivity contribution in [2.75, 3.05) is 0 Å². The van der Waals surface area contributed by atoms with Gasteiger partial charge in [0.1, 0.15) is 11.9 Å². The molecule has 0 saturated heterocycles. The van der Waals surface area contributed by atoms with Crippen molar-refractivity contribution in [2.24, 2.45) is 11.3 Å². The minimum Gasteiger partial charge on any atom is -0.462 e. The molecule has 4 nitrogen and oxygen atoms in total. The highest BCUT2D eigenvalue weighted by atomic mass is 16.5. The molecule has 1 aromatic carbocycles. The highest BCUT2D eigenvalue weighted by Crippen LogP contribution is 2.60. The molecule has 0 bridgehead atoms. The summed E-state index contributed by atoms with van der Waals surface area (Å²) < 4.78 is 11.0. The Bertz CT molecular complexity index is 822. The van der Waals surface area contributed by atoms with Crippen molar-refractivity contribution >= 4 is 17.5 Å². The van der Waals surface area contributed by atoms with Crippen LogP contribution in [-0.4, -0.2) is 18.0 Å². The second-order valence-corrected chi connectivity index (χ2v) is 8.23. The molecule has 1 saturated carbocycles. The maximum absolute atomic E-state index is 11.6. The van der Waals surface area contributed by atoms with Crippen LogP contribution >= 0.6 is 0 Å². The highest BCUT2D eigenvalue weighted by molar-refractivity contribution is 5.76. The van der Waals surface area contributed by atoms with Crippen molar-refractivity contribution in [3.8, 4) is 5.75 Å². The zero-order valence-corrected chi connectivity index (χ0v) is 16.5. The van der Waals surface area contributed by atoms with E-state index in [1.165, 1.54) is 30.5 Å². The molecular formula is C23H28O4. The van der Waals surface area contributed by atoms with E-state index in [0.29, 0.717) is 11.7 Å². The average Bonchev–Trinajstić information content (AvgIpc) is 2.99. The van der Waals surface area contributed by atoms with Crippen molar-refractivity contribution in [2.45, 2.75) is 71.8 Å². The van der Waals surface area contributed by atoms with Crippen LogP contribution in [0.15, 0.2) is 23.8 Å². The van der Waals surface area contributed by atoms with E-state index in [9.17, 15) is 9.59 Å². The molecule has 4 heteroatoms. The molecule has 4 rings (SSSR count). The van der Waals surface area contributed by atoms with Gasteiger partial charge >= 0.3 is 11.9 Å². The van der Waals surface area contributed by atoms with E-state index in [0.717, 1.165) is 44.9 Å². The first-order valence-corrected chi connectivity index (χ1v) is 10.2. The lowest BCUT2D eigenvalue weighted by Gasteiger charge is -2.46. The number of hydrogen-bond acceptors (Lipinski definition) is 4. The fourth-order valence-electron chi connectivity index (χ4n) is 5.93. The van der Waals surface area contributed by atoms with E-state index in [1.54, 1.807) is 5.57 Å². The average molecular weight is 368 g/mol. The molecule has 0 N–H and O–H groups in total. The van der Waals surface area contributed by atoms with Gasteiger partial charge in [-0.15, -0.1) is 0 Å². The molecule has 0 radical (unpaired) electrons. The largest absolute Gasteiger partial charge is 0.462 e. The highest BCUT2D eigenvalue weighted by Gasteiger charge is 2.54. The zero-order chi connectivity index (χ0) is 19.2. The van der Waals surface area contributed by atoms with E-state index in [-0.39, 0.29) is 23.5 Å². The third kappa shape index (κ3) is 2.99. The SMILES string of the molecule is CC[C@]12CCC3=C(CCc4cc(OC(C)=O)ccc43)[C@@H]1CC[C@@H]2OC(C)=O. The van der Waals surface area contributed by atoms with Crippen LogP contribution in [0.4, 0.5) is 0 Å². The van der Waals surface area contributed by atoms with Gasteiger partial charge in [0.05, 0.1) is 0 Å². The summed E-state index contributed by atoms with van der Waals surface area (Å²) in [6.07, 6.45) is 7.38. The number of fused-ring (bicyclic) bond motifs is 4. The number of esters is 2. The quantitative estimate of drug-likeness (QED) is 0.566. The van der Waals surface area contributed by atoms with Gasteiger partial charge in [-0.2, -0.15) is 0 Å². The first-order chi connectivity index (χ1) is 12.9. The Morgan fingerprint density at radius 3 is 2.63 bits per heavy atom. The van der Waals surface area contributed by atoms with Gasteiger partial charge in [0.25, 0.3) is 0 Å². The van der Waals surface area contributed by atoms with Crippen LogP contribution in [-0.2, 0) is 20.7 Å². The van der Waals surface area contributed by atoms with Crippen LogP contribution in [0.5, 0.6) is 5.75 Å². The molecule has 3 atom stereocenters. The molecule has 0 spiro atoms. The summed E-state index contributed by atoms with van der Waals surface area (Å²) in [5, 5.41) is 0. The number of rotatable bonds is 3. The summed E-state index contributed by atoms with van der Waals surface area (Å²) >= 11 is 0. The van der Waals surface area contributed by atoms with Crippen LogP contribution in [0.3, 0.4) is 0 Å². The number of carbonyl (C=O) groups is 2. The van der Waals surface area contributed by atoms with Crippen LogP contribution in [0.2, 0.25) is 0 Å². The van der Waals surface area contributed by atoms with Gasteiger partial charge in [0.15, 0.2) is 0 Å². The smallest absolute Gasteiger partial charge is 0.308 e. The summed E-state index contributed by atoms with van der Waals surface area (Å²) in [7, 11) is 0. The van der Waals surface area contributed by atoms with E-state index < -0.39 is 0 Å². The predicted octanol–water partition coefficient (Wildman–Crippen LogP) is 4.84. The maximum Gasteiger partial charge on any atom is 0.308 e. The van der Waals surface area contributed by atoms with Gasteiger partial charge < -0.3 is 9.47 Å². The second kappa shape index (κ2) is 6.81. The van der Waals surface area contributed by atoms with Crippen molar-refractivity contribution in [1.82, 2.24) is 0 Å². The molecule has 3 aliphatic carbocycles. The summed E-state index contributed by atoms with van der Waals surface area (Å²) in [5.41, 5.74) is 5.80. The summed E-state index contributed by atoms with van der Waals surface area (Å²) in [5.74, 6) is 0.732. The zero-order valence-electron chi connectivity index (χ0n) is 16.5. The number of hydrogen-bond donors (Lipinski definition) is 0.